The second kappa shape index (κ2) is 7.70. The molecule has 1 saturated carbocycles. The first kappa shape index (κ1) is 18.1. The minimum atomic E-state index is -0.553. The van der Waals surface area contributed by atoms with Gasteiger partial charge in [0.25, 0.3) is 5.91 Å². The zero-order valence-corrected chi connectivity index (χ0v) is 14.9. The van der Waals surface area contributed by atoms with Gasteiger partial charge in [0.15, 0.2) is 0 Å². The number of carbonyl (C=O) groups excluding carboxylic acids is 2. The average molecular weight is 352 g/mol. The molecule has 2 aromatic rings. The van der Waals surface area contributed by atoms with Crippen LogP contribution in [0, 0.1) is 0 Å². The van der Waals surface area contributed by atoms with Crippen molar-refractivity contribution < 1.29 is 14.8 Å². The SMILES string of the molecule is CC(NC(=O)C1(c2ccccc2)CCCC1)c1ccc(C(=O)NO)cc1. The Morgan fingerprint density at radius 3 is 2.19 bits per heavy atom. The van der Waals surface area contributed by atoms with E-state index in [2.05, 4.69) is 5.32 Å². The van der Waals surface area contributed by atoms with Crippen molar-refractivity contribution >= 4 is 11.8 Å². The van der Waals surface area contributed by atoms with E-state index in [0.717, 1.165) is 36.8 Å². The number of rotatable bonds is 5. The molecule has 3 rings (SSSR count). The summed E-state index contributed by atoms with van der Waals surface area (Å²) in [6, 6.07) is 16.7. The van der Waals surface area contributed by atoms with Gasteiger partial charge in [-0.1, -0.05) is 55.3 Å². The second-order valence-corrected chi connectivity index (χ2v) is 6.91. The van der Waals surface area contributed by atoms with E-state index in [-0.39, 0.29) is 11.9 Å². The number of benzene rings is 2. The first-order valence-electron chi connectivity index (χ1n) is 8.98. The van der Waals surface area contributed by atoms with Gasteiger partial charge in [0.2, 0.25) is 5.91 Å². The lowest BCUT2D eigenvalue weighted by Gasteiger charge is -2.30. The predicted molar refractivity (Wildman–Crippen MR) is 98.8 cm³/mol. The Kier molecular flexibility index (Phi) is 5.38. The van der Waals surface area contributed by atoms with Crippen LogP contribution in [0.2, 0.25) is 0 Å². The highest BCUT2D eigenvalue weighted by atomic mass is 16.5. The van der Waals surface area contributed by atoms with Crippen molar-refractivity contribution in [3.05, 3.63) is 71.3 Å². The van der Waals surface area contributed by atoms with E-state index in [1.54, 1.807) is 29.7 Å². The van der Waals surface area contributed by atoms with Crippen LogP contribution in [0.15, 0.2) is 54.6 Å². The number of carbonyl (C=O) groups is 2. The normalized spacial score (nSPS) is 16.7. The maximum Gasteiger partial charge on any atom is 0.274 e. The second-order valence-electron chi connectivity index (χ2n) is 6.91. The van der Waals surface area contributed by atoms with Crippen LogP contribution in [-0.4, -0.2) is 17.0 Å². The smallest absolute Gasteiger partial charge is 0.274 e. The summed E-state index contributed by atoms with van der Waals surface area (Å²) in [4.78, 5) is 24.6. The van der Waals surface area contributed by atoms with Crippen LogP contribution in [0.1, 0.15) is 60.1 Å². The Bertz CT molecular complexity index is 766. The van der Waals surface area contributed by atoms with Crippen molar-refractivity contribution in [2.24, 2.45) is 0 Å². The molecule has 1 aliphatic rings. The minimum Gasteiger partial charge on any atom is -0.349 e. The standard InChI is InChI=1S/C21H24N2O3/c1-15(16-9-11-17(12-10-16)19(24)23-26)22-20(25)21(13-5-6-14-21)18-7-3-2-4-8-18/h2-4,7-12,15,26H,5-6,13-14H2,1H3,(H,22,25)(H,23,24). The van der Waals surface area contributed by atoms with E-state index in [0.29, 0.717) is 5.56 Å². The van der Waals surface area contributed by atoms with Crippen LogP contribution in [0.25, 0.3) is 0 Å². The third-order valence-electron chi connectivity index (χ3n) is 5.34. The van der Waals surface area contributed by atoms with Crippen LogP contribution in [0.3, 0.4) is 0 Å². The van der Waals surface area contributed by atoms with Gasteiger partial charge >= 0.3 is 0 Å². The topological polar surface area (TPSA) is 78.4 Å². The van der Waals surface area contributed by atoms with Crippen LogP contribution in [0.5, 0.6) is 0 Å². The largest absolute Gasteiger partial charge is 0.349 e. The molecule has 26 heavy (non-hydrogen) atoms. The molecule has 136 valence electrons. The summed E-state index contributed by atoms with van der Waals surface area (Å²) < 4.78 is 0. The number of nitrogens with one attached hydrogen (secondary N) is 2. The Hall–Kier alpha value is -2.66. The summed E-state index contributed by atoms with van der Waals surface area (Å²) in [6.07, 6.45) is 3.85. The minimum absolute atomic E-state index is 0.0610. The quantitative estimate of drug-likeness (QED) is 0.569. The third-order valence-corrected chi connectivity index (χ3v) is 5.34. The Morgan fingerprint density at radius 2 is 1.62 bits per heavy atom. The molecule has 0 aliphatic heterocycles. The summed E-state index contributed by atoms with van der Waals surface area (Å²) in [5.74, 6) is -0.492. The van der Waals surface area contributed by atoms with Gasteiger partial charge in [-0.2, -0.15) is 0 Å². The van der Waals surface area contributed by atoms with E-state index in [1.165, 1.54) is 0 Å². The number of hydrogen-bond acceptors (Lipinski definition) is 3. The zero-order chi connectivity index (χ0) is 18.6. The third kappa shape index (κ3) is 3.48. The van der Waals surface area contributed by atoms with Gasteiger partial charge in [0, 0.05) is 5.56 Å². The van der Waals surface area contributed by atoms with Crippen molar-refractivity contribution in [3.8, 4) is 0 Å². The van der Waals surface area contributed by atoms with Crippen LogP contribution >= 0.6 is 0 Å². The maximum absolute atomic E-state index is 13.2. The maximum atomic E-state index is 13.2. The lowest BCUT2D eigenvalue weighted by molar-refractivity contribution is -0.127. The molecular formula is C21H24N2O3. The Balaban J connectivity index is 1.76. The van der Waals surface area contributed by atoms with Gasteiger partial charge in [-0.05, 0) is 43.0 Å². The molecule has 5 heteroatoms. The molecule has 1 unspecified atom stereocenters. The lowest BCUT2D eigenvalue weighted by Crippen LogP contribution is -2.43. The molecule has 0 aromatic heterocycles. The monoisotopic (exact) mass is 352 g/mol. The van der Waals surface area contributed by atoms with Gasteiger partial charge in [0.05, 0.1) is 11.5 Å². The van der Waals surface area contributed by atoms with Crippen molar-refractivity contribution in [1.29, 1.82) is 0 Å². The molecule has 1 atom stereocenters. The molecule has 0 saturated heterocycles. The summed E-state index contributed by atoms with van der Waals surface area (Å²) in [7, 11) is 0. The highest BCUT2D eigenvalue weighted by Crippen LogP contribution is 2.41. The molecular weight excluding hydrogens is 328 g/mol. The average Bonchev–Trinajstić information content (AvgIpc) is 3.19. The fourth-order valence-corrected chi connectivity index (χ4v) is 3.79. The molecule has 2 aromatic carbocycles. The zero-order valence-electron chi connectivity index (χ0n) is 14.9. The molecule has 1 fully saturated rings. The number of hydroxylamine groups is 1. The van der Waals surface area contributed by atoms with Gasteiger partial charge in [-0.3, -0.25) is 14.8 Å². The Morgan fingerprint density at radius 1 is 1.00 bits per heavy atom. The van der Waals surface area contributed by atoms with Crippen molar-refractivity contribution in [1.82, 2.24) is 10.8 Å². The number of hydrogen-bond donors (Lipinski definition) is 3. The van der Waals surface area contributed by atoms with E-state index in [1.807, 2.05) is 37.3 Å². The van der Waals surface area contributed by atoms with Gasteiger partial charge < -0.3 is 5.32 Å². The molecule has 2 amide bonds. The van der Waals surface area contributed by atoms with Gasteiger partial charge in [-0.25, -0.2) is 5.48 Å². The summed E-state index contributed by atoms with van der Waals surface area (Å²) in [5, 5.41) is 11.8. The van der Waals surface area contributed by atoms with Crippen molar-refractivity contribution in [2.45, 2.75) is 44.1 Å². The first-order chi connectivity index (χ1) is 12.6. The summed E-state index contributed by atoms with van der Waals surface area (Å²) in [5.41, 5.74) is 3.52. The van der Waals surface area contributed by atoms with Crippen molar-refractivity contribution in [3.63, 3.8) is 0 Å². The van der Waals surface area contributed by atoms with E-state index in [4.69, 9.17) is 5.21 Å². The summed E-state index contributed by atoms with van der Waals surface area (Å²) in [6.45, 7) is 1.94. The highest BCUT2D eigenvalue weighted by molar-refractivity contribution is 5.93. The van der Waals surface area contributed by atoms with Gasteiger partial charge in [0.1, 0.15) is 0 Å². The predicted octanol–water partition coefficient (Wildman–Crippen LogP) is 3.49. The number of amides is 2. The van der Waals surface area contributed by atoms with E-state index in [9.17, 15) is 9.59 Å². The molecule has 0 spiro atoms. The molecule has 0 heterocycles. The van der Waals surface area contributed by atoms with E-state index >= 15 is 0 Å². The fourth-order valence-electron chi connectivity index (χ4n) is 3.79. The van der Waals surface area contributed by atoms with Crippen LogP contribution < -0.4 is 10.8 Å². The highest BCUT2D eigenvalue weighted by Gasteiger charge is 2.42. The lowest BCUT2D eigenvalue weighted by atomic mass is 9.77. The van der Waals surface area contributed by atoms with Crippen LogP contribution in [-0.2, 0) is 10.2 Å². The van der Waals surface area contributed by atoms with Crippen molar-refractivity contribution in [2.75, 3.05) is 0 Å². The molecule has 0 bridgehead atoms. The fraction of sp³-hybridized carbons (Fsp3) is 0.333. The molecule has 5 nitrogen and oxygen atoms in total. The molecule has 0 radical (unpaired) electrons. The molecule has 3 N–H and O–H groups in total. The first-order valence-corrected chi connectivity index (χ1v) is 8.98. The summed E-state index contributed by atoms with van der Waals surface area (Å²) >= 11 is 0. The molecule has 1 aliphatic carbocycles. The van der Waals surface area contributed by atoms with Gasteiger partial charge in [-0.15, -0.1) is 0 Å². The Labute approximate surface area is 153 Å². The van der Waals surface area contributed by atoms with E-state index < -0.39 is 11.3 Å². The van der Waals surface area contributed by atoms with Crippen LogP contribution in [0.4, 0.5) is 0 Å².